The average molecular weight is 910 g/mol. The summed E-state index contributed by atoms with van der Waals surface area (Å²) in [6.07, 6.45) is -0.0255. The monoisotopic (exact) mass is 909 g/mol. The first-order valence-corrected chi connectivity index (χ1v) is 23.7. The molecule has 17 nitrogen and oxygen atoms in total. The fraction of sp³-hybridized carbons (Fsp3) is 0.333. The number of amides is 2. The standard InChI is InChI=1S/C45H48N7O10PS/c1-46-43(53)50-41-40-42(48-28-47-41)52(44(54)49-40)39-25-36(61-63-51-24-10-15-35(51)38(62-63)27-64(55,56)34-13-8-5-9-14-34)37(60-39)26-59-45(29-11-6-4-7-12-29,30-16-20-32(57-2)21-17-30)31-18-22-33(58-3)23-19-31/h4-9,11-14,16-23,28,35-39H,10,15,24-27H2,1-3H3,(H,49,54)(H2,46,47,48,50,53)/t35-,36-,37+,38+,39+,63+/m0/s1. The van der Waals surface area contributed by atoms with Gasteiger partial charge >= 0.3 is 11.7 Å². The Balaban J connectivity index is 1.09. The highest BCUT2D eigenvalue weighted by Crippen LogP contribution is 2.58. The molecule has 2 aromatic heterocycles. The van der Waals surface area contributed by atoms with Crippen LogP contribution < -0.4 is 25.8 Å². The lowest BCUT2D eigenvalue weighted by Gasteiger charge is -2.37. The van der Waals surface area contributed by atoms with Crippen molar-refractivity contribution in [2.24, 2.45) is 0 Å². The summed E-state index contributed by atoms with van der Waals surface area (Å²) >= 11 is 0. The molecular weight excluding hydrogens is 862 g/mol. The smallest absolute Gasteiger partial charge is 0.329 e. The van der Waals surface area contributed by atoms with Crippen molar-refractivity contribution in [2.75, 3.05) is 45.5 Å². The topological polar surface area (TPSA) is 197 Å². The van der Waals surface area contributed by atoms with Gasteiger partial charge in [0.2, 0.25) is 0 Å². The van der Waals surface area contributed by atoms with Gasteiger partial charge in [-0.15, -0.1) is 0 Å². The van der Waals surface area contributed by atoms with E-state index in [1.807, 2.05) is 78.9 Å². The lowest BCUT2D eigenvalue weighted by molar-refractivity contribution is -0.0911. The van der Waals surface area contributed by atoms with Crippen LogP contribution in [0.5, 0.6) is 11.5 Å². The number of aromatic amines is 1. The van der Waals surface area contributed by atoms with Crippen LogP contribution in [0.2, 0.25) is 0 Å². The molecule has 19 heteroatoms. The van der Waals surface area contributed by atoms with Crippen LogP contribution in [0.4, 0.5) is 10.6 Å². The number of ether oxygens (including phenoxy) is 4. The average Bonchev–Trinajstić information content (AvgIpc) is 4.12. The van der Waals surface area contributed by atoms with Crippen LogP contribution in [-0.4, -0.2) is 103 Å². The predicted molar refractivity (Wildman–Crippen MR) is 238 cm³/mol. The number of anilines is 1. The number of nitrogens with one attached hydrogen (secondary N) is 3. The van der Waals surface area contributed by atoms with Crippen molar-refractivity contribution < 1.29 is 41.2 Å². The van der Waals surface area contributed by atoms with Gasteiger partial charge in [0.05, 0.1) is 43.7 Å². The van der Waals surface area contributed by atoms with E-state index in [4.69, 9.17) is 28.0 Å². The summed E-state index contributed by atoms with van der Waals surface area (Å²) in [7, 11) is -0.751. The van der Waals surface area contributed by atoms with E-state index in [1.54, 1.807) is 44.6 Å². The van der Waals surface area contributed by atoms with Gasteiger partial charge < -0.3 is 38.3 Å². The quantitative estimate of drug-likeness (QED) is 0.0787. The lowest BCUT2D eigenvalue weighted by Crippen LogP contribution is -2.38. The van der Waals surface area contributed by atoms with E-state index < -0.39 is 60.2 Å². The minimum absolute atomic E-state index is 0.0396. The summed E-state index contributed by atoms with van der Waals surface area (Å²) in [6.45, 7) is 0.629. The molecule has 6 atom stereocenters. The second kappa shape index (κ2) is 18.4. The Labute approximate surface area is 370 Å². The van der Waals surface area contributed by atoms with Crippen molar-refractivity contribution in [3.05, 3.63) is 143 Å². The largest absolute Gasteiger partial charge is 0.497 e. The van der Waals surface area contributed by atoms with Gasteiger partial charge in [-0.05, 0) is 65.9 Å². The van der Waals surface area contributed by atoms with E-state index in [2.05, 4.69) is 30.3 Å². The zero-order valence-electron chi connectivity index (χ0n) is 35.3. The number of imidazole rings is 1. The molecule has 2 amide bonds. The fourth-order valence-electron chi connectivity index (χ4n) is 8.76. The Morgan fingerprint density at radius 3 is 2.17 bits per heavy atom. The zero-order chi connectivity index (χ0) is 44.4. The molecule has 6 aromatic rings. The number of hydrogen-bond donors (Lipinski definition) is 3. The number of carbonyl (C=O) groups excluding carboxylic acids is 1. The Morgan fingerprint density at radius 1 is 0.891 bits per heavy atom. The molecule has 64 heavy (non-hydrogen) atoms. The molecule has 0 saturated carbocycles. The van der Waals surface area contributed by atoms with Gasteiger partial charge in [-0.2, -0.15) is 0 Å². The van der Waals surface area contributed by atoms with Crippen LogP contribution in [-0.2, 0) is 34.0 Å². The number of fused-ring (bicyclic) bond motifs is 2. The van der Waals surface area contributed by atoms with E-state index >= 15 is 0 Å². The number of benzene rings is 4. The summed E-state index contributed by atoms with van der Waals surface area (Å²) in [5.74, 6) is 1.26. The van der Waals surface area contributed by atoms with Gasteiger partial charge in [-0.3, -0.25) is 5.32 Å². The van der Waals surface area contributed by atoms with Gasteiger partial charge in [-0.25, -0.2) is 37.2 Å². The summed E-state index contributed by atoms with van der Waals surface area (Å²) in [5.41, 5.74) is 1.13. The number of nitrogens with zero attached hydrogens (tertiary/aromatic N) is 4. The number of methoxy groups -OCH3 is 2. The molecule has 0 bridgehead atoms. The van der Waals surface area contributed by atoms with Gasteiger partial charge in [0.15, 0.2) is 21.3 Å². The van der Waals surface area contributed by atoms with E-state index in [0.29, 0.717) is 18.0 Å². The molecule has 3 N–H and O–H groups in total. The molecule has 334 valence electrons. The number of H-pyrrole nitrogens is 1. The Bertz CT molecular complexity index is 2700. The normalized spacial score (nSPS) is 22.4. The molecule has 0 spiro atoms. The number of hydrogen-bond acceptors (Lipinski definition) is 13. The highest BCUT2D eigenvalue weighted by molar-refractivity contribution is 7.91. The fourth-order valence-corrected chi connectivity index (χ4v) is 12.3. The minimum atomic E-state index is -3.67. The zero-order valence-corrected chi connectivity index (χ0v) is 37.0. The SMILES string of the molecule is CNC(=O)Nc1ncnc2c1[nH]c(=O)n2[C@H]1C[C@H](O[P@]2O[C@H](CS(=O)(=O)c3ccccc3)[C@@H]3CCCN32)[C@@H](COC(c2ccccc2)(c2ccc(OC)cc2)c2ccc(OC)cc2)O1. The van der Waals surface area contributed by atoms with Gasteiger partial charge in [0.25, 0.3) is 8.53 Å². The van der Waals surface area contributed by atoms with E-state index in [9.17, 15) is 18.0 Å². The van der Waals surface area contributed by atoms with Crippen molar-refractivity contribution in [2.45, 2.75) is 60.3 Å². The molecule has 5 heterocycles. The van der Waals surface area contributed by atoms with Crippen molar-refractivity contribution in [1.29, 1.82) is 0 Å². The first kappa shape index (κ1) is 43.5. The number of urea groups is 1. The Hall–Kier alpha value is -5.72. The first-order valence-electron chi connectivity index (χ1n) is 20.9. The van der Waals surface area contributed by atoms with Crippen LogP contribution >= 0.6 is 8.53 Å². The predicted octanol–water partition coefficient (Wildman–Crippen LogP) is 6.13. The van der Waals surface area contributed by atoms with Crippen molar-refractivity contribution >= 4 is 41.4 Å². The molecule has 4 aromatic carbocycles. The number of carbonyl (C=O) groups is 1. The molecule has 0 radical (unpaired) electrons. The van der Waals surface area contributed by atoms with Crippen LogP contribution in [0.25, 0.3) is 11.2 Å². The Kier molecular flexibility index (Phi) is 12.5. The van der Waals surface area contributed by atoms with Crippen LogP contribution in [0, 0.1) is 0 Å². The minimum Gasteiger partial charge on any atom is -0.497 e. The molecule has 3 fully saturated rings. The summed E-state index contributed by atoms with van der Waals surface area (Å²) in [4.78, 5) is 37.8. The summed E-state index contributed by atoms with van der Waals surface area (Å²) in [6, 6.07) is 32.9. The van der Waals surface area contributed by atoms with E-state index in [-0.39, 0.29) is 46.7 Å². The summed E-state index contributed by atoms with van der Waals surface area (Å²) < 4.78 is 69.6. The van der Waals surface area contributed by atoms with E-state index in [1.165, 1.54) is 17.9 Å². The highest BCUT2D eigenvalue weighted by atomic mass is 32.2. The molecule has 0 aliphatic carbocycles. The number of aromatic nitrogens is 4. The van der Waals surface area contributed by atoms with Gasteiger partial charge in [-0.1, -0.05) is 72.8 Å². The van der Waals surface area contributed by atoms with Crippen LogP contribution in [0.1, 0.15) is 42.2 Å². The Morgan fingerprint density at radius 2 is 1.53 bits per heavy atom. The highest BCUT2D eigenvalue weighted by Gasteiger charge is 2.51. The molecule has 0 unspecified atom stereocenters. The van der Waals surface area contributed by atoms with Gasteiger partial charge in [0, 0.05) is 26.1 Å². The maximum atomic E-state index is 13.9. The molecule has 3 saturated heterocycles. The van der Waals surface area contributed by atoms with Crippen LogP contribution in [0.15, 0.2) is 125 Å². The molecular formula is C45H48N7O10PS. The third-order valence-corrected chi connectivity index (χ3v) is 15.5. The molecule has 3 aliphatic heterocycles. The maximum Gasteiger partial charge on any atom is 0.329 e. The van der Waals surface area contributed by atoms with Crippen molar-refractivity contribution in [3.63, 3.8) is 0 Å². The third kappa shape index (κ3) is 8.38. The van der Waals surface area contributed by atoms with Gasteiger partial charge in [0.1, 0.15) is 41.3 Å². The lowest BCUT2D eigenvalue weighted by atomic mass is 9.80. The number of sulfone groups is 1. The number of rotatable bonds is 15. The summed E-state index contributed by atoms with van der Waals surface area (Å²) in [5, 5.41) is 5.12. The van der Waals surface area contributed by atoms with Crippen LogP contribution in [0.3, 0.4) is 0 Å². The molecule has 9 rings (SSSR count). The maximum absolute atomic E-state index is 13.9. The first-order chi connectivity index (χ1) is 31.1. The second-order valence-electron chi connectivity index (χ2n) is 15.6. The van der Waals surface area contributed by atoms with Crippen molar-refractivity contribution in [1.82, 2.24) is 29.5 Å². The van der Waals surface area contributed by atoms with Crippen molar-refractivity contribution in [3.8, 4) is 11.5 Å². The second-order valence-corrected chi connectivity index (χ2v) is 19.0. The van der Waals surface area contributed by atoms with E-state index in [0.717, 1.165) is 29.5 Å². The third-order valence-electron chi connectivity index (χ3n) is 11.9. The molecule has 3 aliphatic rings.